The second-order valence-electron chi connectivity index (χ2n) is 6.27. The van der Waals surface area contributed by atoms with Crippen molar-refractivity contribution in [1.29, 1.82) is 0 Å². The Kier molecular flexibility index (Phi) is 3.77. The van der Waals surface area contributed by atoms with E-state index in [9.17, 15) is 0 Å². The van der Waals surface area contributed by atoms with Crippen LogP contribution in [-0.4, -0.2) is 14.6 Å². The van der Waals surface area contributed by atoms with Crippen molar-refractivity contribution in [2.45, 2.75) is 12.5 Å². The molecule has 3 nitrogen and oxygen atoms in total. The second kappa shape index (κ2) is 6.10. The molecule has 4 rings (SSSR count). The summed E-state index contributed by atoms with van der Waals surface area (Å²) >= 11 is 0. The molecule has 1 heterocycles. The highest BCUT2D eigenvalue weighted by molar-refractivity contribution is 5.49. The van der Waals surface area contributed by atoms with Gasteiger partial charge in [-0.1, -0.05) is 91.0 Å². The van der Waals surface area contributed by atoms with Crippen LogP contribution in [0.4, 0.5) is 0 Å². The van der Waals surface area contributed by atoms with Crippen LogP contribution < -0.4 is 0 Å². The van der Waals surface area contributed by atoms with Gasteiger partial charge in [0.2, 0.25) is 0 Å². The van der Waals surface area contributed by atoms with Crippen LogP contribution in [0.25, 0.3) is 0 Å². The van der Waals surface area contributed by atoms with Gasteiger partial charge in [-0.15, -0.1) is 5.10 Å². The van der Waals surface area contributed by atoms with Gasteiger partial charge in [0.25, 0.3) is 0 Å². The van der Waals surface area contributed by atoms with E-state index in [-0.39, 0.29) is 0 Å². The molecule has 0 N–H and O–H groups in total. The molecule has 0 aliphatic rings. The fourth-order valence-electron chi connectivity index (χ4n) is 3.55. The van der Waals surface area contributed by atoms with Crippen molar-refractivity contribution >= 4 is 0 Å². The molecule has 4 aromatic rings. The van der Waals surface area contributed by atoms with Crippen molar-refractivity contribution in [3.63, 3.8) is 0 Å². The van der Waals surface area contributed by atoms with E-state index in [0.29, 0.717) is 0 Å². The summed E-state index contributed by atoms with van der Waals surface area (Å²) in [5.74, 6) is 1.01. The van der Waals surface area contributed by atoms with Crippen LogP contribution in [0, 0.1) is 6.92 Å². The van der Waals surface area contributed by atoms with Crippen LogP contribution in [-0.2, 0) is 12.6 Å². The first kappa shape index (κ1) is 15.5. The minimum absolute atomic E-state index is 0.502. The Morgan fingerprint density at radius 2 is 1.00 bits per heavy atom. The number of aryl methyl sites for hydroxylation is 1. The van der Waals surface area contributed by atoms with Crippen LogP contribution >= 0.6 is 0 Å². The highest BCUT2D eigenvalue weighted by Gasteiger charge is 2.41. The molecule has 0 amide bonds. The summed E-state index contributed by atoms with van der Waals surface area (Å²) in [7, 11) is 2.06. The summed E-state index contributed by atoms with van der Waals surface area (Å²) in [5, 5.41) is 4.78. The molecule has 124 valence electrons. The van der Waals surface area contributed by atoms with E-state index in [2.05, 4.69) is 108 Å². The minimum atomic E-state index is -0.502. The van der Waals surface area contributed by atoms with Crippen LogP contribution in [0.3, 0.4) is 0 Å². The van der Waals surface area contributed by atoms with E-state index in [4.69, 9.17) is 5.10 Å². The minimum Gasteiger partial charge on any atom is -0.256 e. The number of rotatable bonds is 4. The Morgan fingerprint density at radius 3 is 1.28 bits per heavy atom. The summed E-state index contributed by atoms with van der Waals surface area (Å²) < 4.78 is 2.12. The summed E-state index contributed by atoms with van der Waals surface area (Å²) in [6.07, 6.45) is 0. The SMILES string of the molecule is Cc1nn(C(c2ccccc2)(c2ccccc2)c2ccccc2)n1C. The zero-order chi connectivity index (χ0) is 17.3. The molecule has 0 fully saturated rings. The predicted octanol–water partition coefficient (Wildman–Crippen LogP) is 4.37. The largest absolute Gasteiger partial charge is 0.256 e. The van der Waals surface area contributed by atoms with E-state index < -0.39 is 5.54 Å². The van der Waals surface area contributed by atoms with E-state index in [1.807, 2.05) is 6.92 Å². The third kappa shape index (κ3) is 2.31. The highest BCUT2D eigenvalue weighted by atomic mass is 15.6. The predicted molar refractivity (Wildman–Crippen MR) is 101 cm³/mol. The van der Waals surface area contributed by atoms with Crippen molar-refractivity contribution in [3.05, 3.63) is 114 Å². The van der Waals surface area contributed by atoms with Gasteiger partial charge in [0.1, 0.15) is 5.82 Å². The average Bonchev–Trinajstić information content (AvgIpc) is 2.70. The van der Waals surface area contributed by atoms with Crippen LogP contribution in [0.1, 0.15) is 22.5 Å². The second-order valence-corrected chi connectivity index (χ2v) is 6.27. The molecule has 0 saturated heterocycles. The smallest absolute Gasteiger partial charge is 0.155 e. The van der Waals surface area contributed by atoms with E-state index in [0.717, 1.165) is 5.82 Å². The molecule has 0 spiro atoms. The maximum absolute atomic E-state index is 4.78. The topological polar surface area (TPSA) is 22.8 Å². The lowest BCUT2D eigenvalue weighted by atomic mass is 9.77. The fourth-order valence-corrected chi connectivity index (χ4v) is 3.55. The summed E-state index contributed by atoms with van der Waals surface area (Å²) in [5.41, 5.74) is 3.07. The zero-order valence-corrected chi connectivity index (χ0v) is 14.5. The zero-order valence-electron chi connectivity index (χ0n) is 14.5. The standard InChI is InChI=1S/C22H21N3/c1-18-23-25(24(18)2)22(19-12-6-3-7-13-19,20-14-8-4-9-15-20)21-16-10-5-11-17-21/h3-17H,1-2H3. The van der Waals surface area contributed by atoms with Gasteiger partial charge in [0.05, 0.1) is 0 Å². The van der Waals surface area contributed by atoms with Gasteiger partial charge < -0.3 is 0 Å². The Balaban J connectivity index is 2.12. The molecule has 0 aliphatic carbocycles. The Labute approximate surface area is 148 Å². The number of benzene rings is 3. The van der Waals surface area contributed by atoms with Crippen molar-refractivity contribution < 1.29 is 0 Å². The highest BCUT2D eigenvalue weighted by Crippen LogP contribution is 2.40. The molecular formula is C22H21N3. The quantitative estimate of drug-likeness (QED) is 0.510. The molecule has 1 aromatic heterocycles. The van der Waals surface area contributed by atoms with Gasteiger partial charge in [-0.3, -0.25) is 4.68 Å². The molecular weight excluding hydrogens is 306 g/mol. The molecule has 0 saturated carbocycles. The van der Waals surface area contributed by atoms with Crippen LogP contribution in [0.2, 0.25) is 0 Å². The molecule has 3 heteroatoms. The third-order valence-corrected chi connectivity index (χ3v) is 4.87. The fraction of sp³-hybridized carbons (Fsp3) is 0.136. The summed E-state index contributed by atoms with van der Waals surface area (Å²) in [6, 6.07) is 31.8. The number of nitrogens with zero attached hydrogens (tertiary/aromatic N) is 3. The number of hydrogen-bond acceptors (Lipinski definition) is 1. The Morgan fingerprint density at radius 1 is 0.640 bits per heavy atom. The summed E-state index contributed by atoms with van der Waals surface area (Å²) in [4.78, 5) is 2.09. The van der Waals surface area contributed by atoms with Crippen LogP contribution in [0.5, 0.6) is 0 Å². The lowest BCUT2D eigenvalue weighted by Crippen LogP contribution is -2.47. The van der Waals surface area contributed by atoms with Crippen molar-refractivity contribution in [3.8, 4) is 0 Å². The average molecular weight is 327 g/mol. The monoisotopic (exact) mass is 327 g/mol. The van der Waals surface area contributed by atoms with Gasteiger partial charge in [-0.05, 0) is 23.6 Å². The number of hydrogen-bond donors (Lipinski definition) is 0. The molecule has 25 heavy (non-hydrogen) atoms. The van der Waals surface area contributed by atoms with Gasteiger partial charge in [0, 0.05) is 7.05 Å². The Bertz CT molecular complexity index is 854. The van der Waals surface area contributed by atoms with E-state index >= 15 is 0 Å². The first-order valence-electron chi connectivity index (χ1n) is 8.50. The lowest BCUT2D eigenvalue weighted by molar-refractivity contribution is 0.269. The third-order valence-electron chi connectivity index (χ3n) is 4.87. The maximum Gasteiger partial charge on any atom is 0.155 e. The molecule has 3 aromatic carbocycles. The lowest BCUT2D eigenvalue weighted by Gasteiger charge is -2.40. The van der Waals surface area contributed by atoms with Crippen LogP contribution in [0.15, 0.2) is 91.0 Å². The maximum atomic E-state index is 4.78. The Hall–Kier alpha value is -3.07. The first-order chi connectivity index (χ1) is 12.2. The van der Waals surface area contributed by atoms with Crippen molar-refractivity contribution in [2.24, 2.45) is 7.05 Å². The normalized spacial score (nSPS) is 11.6. The van der Waals surface area contributed by atoms with Crippen molar-refractivity contribution in [2.75, 3.05) is 0 Å². The van der Waals surface area contributed by atoms with Gasteiger partial charge in [0.15, 0.2) is 5.54 Å². The first-order valence-corrected chi connectivity index (χ1v) is 8.50. The van der Waals surface area contributed by atoms with E-state index in [1.165, 1.54) is 16.7 Å². The molecule has 0 atom stereocenters. The van der Waals surface area contributed by atoms with Gasteiger partial charge >= 0.3 is 0 Å². The van der Waals surface area contributed by atoms with Crippen molar-refractivity contribution in [1.82, 2.24) is 14.6 Å². The van der Waals surface area contributed by atoms with Gasteiger partial charge in [-0.25, -0.2) is 0 Å². The molecule has 0 unspecified atom stereocenters. The number of aromatic nitrogens is 3. The van der Waals surface area contributed by atoms with E-state index in [1.54, 1.807) is 0 Å². The van der Waals surface area contributed by atoms with Gasteiger partial charge in [-0.2, -0.15) is 4.80 Å². The summed E-state index contributed by atoms with van der Waals surface area (Å²) in [6.45, 7) is 2.03. The molecule has 0 bridgehead atoms. The molecule has 0 aliphatic heterocycles. The molecule has 0 radical (unpaired) electrons.